The van der Waals surface area contributed by atoms with Crippen LogP contribution < -0.4 is 5.69 Å². The molecule has 2 aromatic carbocycles. The molecule has 172 valence electrons. The average molecular weight is 484 g/mol. The minimum atomic E-state index is -4.49. The summed E-state index contributed by atoms with van der Waals surface area (Å²) in [6, 6.07) is 14.4. The first-order valence-electron chi connectivity index (χ1n) is 9.99. The molecule has 34 heavy (non-hydrogen) atoms. The Bertz CT molecular complexity index is 1510. The summed E-state index contributed by atoms with van der Waals surface area (Å²) in [5.41, 5.74) is 0.381. The van der Waals surface area contributed by atoms with Gasteiger partial charge in [-0.15, -0.1) is 5.10 Å². The van der Waals surface area contributed by atoms with Crippen LogP contribution in [0.1, 0.15) is 17.0 Å². The third-order valence-electron chi connectivity index (χ3n) is 4.89. The fourth-order valence-electron chi connectivity index (χ4n) is 3.26. The lowest BCUT2D eigenvalue weighted by molar-refractivity contribution is -0.137. The van der Waals surface area contributed by atoms with Crippen LogP contribution in [-0.2, 0) is 18.5 Å². The maximum Gasteiger partial charge on any atom is 0.416 e. The van der Waals surface area contributed by atoms with Gasteiger partial charge in [0.05, 0.1) is 5.56 Å². The summed E-state index contributed by atoms with van der Waals surface area (Å²) in [5, 5.41) is 8.69. The molecular weight excluding hydrogens is 469 g/mol. The molecule has 0 aliphatic carbocycles. The van der Waals surface area contributed by atoms with Gasteiger partial charge in [0, 0.05) is 23.7 Å². The lowest BCUT2D eigenvalue weighted by Crippen LogP contribution is -2.21. The number of alkyl halides is 3. The van der Waals surface area contributed by atoms with Crippen molar-refractivity contribution in [1.82, 2.24) is 29.3 Å². The van der Waals surface area contributed by atoms with Crippen LogP contribution in [0.3, 0.4) is 0 Å². The zero-order valence-electron chi connectivity index (χ0n) is 17.3. The Morgan fingerprint density at radius 2 is 1.88 bits per heavy atom. The van der Waals surface area contributed by atoms with E-state index in [2.05, 4.69) is 20.2 Å². The van der Waals surface area contributed by atoms with Crippen molar-refractivity contribution < 1.29 is 17.7 Å². The van der Waals surface area contributed by atoms with Gasteiger partial charge in [-0.05, 0) is 17.7 Å². The van der Waals surface area contributed by atoms with Gasteiger partial charge in [0.1, 0.15) is 11.6 Å². The summed E-state index contributed by atoms with van der Waals surface area (Å²) in [6.45, 7) is -0.144. The average Bonchev–Trinajstić information content (AvgIpc) is 3.43. The van der Waals surface area contributed by atoms with E-state index in [4.69, 9.17) is 4.52 Å². The Balaban J connectivity index is 1.39. The van der Waals surface area contributed by atoms with Gasteiger partial charge in [-0.1, -0.05) is 59.4 Å². The van der Waals surface area contributed by atoms with Crippen LogP contribution in [0.2, 0.25) is 0 Å². The molecule has 8 nitrogen and oxygen atoms in total. The normalized spacial score (nSPS) is 11.9. The summed E-state index contributed by atoms with van der Waals surface area (Å²) in [7, 11) is 0. The summed E-state index contributed by atoms with van der Waals surface area (Å²) >= 11 is 1.45. The van der Waals surface area contributed by atoms with Crippen molar-refractivity contribution in [2.45, 2.75) is 23.5 Å². The molecule has 0 radical (unpaired) electrons. The van der Waals surface area contributed by atoms with Gasteiger partial charge in [-0.25, -0.2) is 18.9 Å². The van der Waals surface area contributed by atoms with Crippen LogP contribution in [0.25, 0.3) is 17.0 Å². The quantitative estimate of drug-likeness (QED) is 0.332. The molecule has 0 bridgehead atoms. The molecule has 0 saturated heterocycles. The van der Waals surface area contributed by atoms with Crippen LogP contribution in [-0.4, -0.2) is 29.3 Å². The third kappa shape index (κ3) is 4.44. The van der Waals surface area contributed by atoms with Crippen molar-refractivity contribution in [3.8, 4) is 11.4 Å². The monoisotopic (exact) mass is 484 g/mol. The molecule has 0 atom stereocenters. The second-order valence-electron chi connectivity index (χ2n) is 7.23. The number of hydrogen-bond acceptors (Lipinski definition) is 7. The number of halogens is 3. The highest BCUT2D eigenvalue weighted by Gasteiger charge is 2.30. The third-order valence-corrected chi connectivity index (χ3v) is 5.93. The summed E-state index contributed by atoms with van der Waals surface area (Å²) < 4.78 is 46.6. The topological polar surface area (TPSA) is 91.1 Å². The molecule has 0 saturated carbocycles. The number of hydrogen-bond donors (Lipinski definition) is 0. The molecule has 0 amide bonds. The number of aromatic nitrogens is 6. The van der Waals surface area contributed by atoms with Gasteiger partial charge in [0.15, 0.2) is 5.65 Å². The first-order chi connectivity index (χ1) is 16.4. The lowest BCUT2D eigenvalue weighted by Gasteiger charge is -2.06. The molecule has 0 spiro atoms. The van der Waals surface area contributed by atoms with E-state index >= 15 is 0 Å². The van der Waals surface area contributed by atoms with Crippen molar-refractivity contribution in [3.63, 3.8) is 0 Å². The van der Waals surface area contributed by atoms with Crippen LogP contribution in [0.15, 0.2) is 81.3 Å². The van der Waals surface area contributed by atoms with Crippen molar-refractivity contribution in [2.24, 2.45) is 0 Å². The molecule has 0 aliphatic heterocycles. The Morgan fingerprint density at radius 1 is 1.06 bits per heavy atom. The number of rotatable bonds is 6. The van der Waals surface area contributed by atoms with Gasteiger partial charge < -0.3 is 4.52 Å². The Hall–Kier alpha value is -3.93. The number of thioether (sulfide) groups is 1. The Labute approximate surface area is 194 Å². The highest BCUT2D eigenvalue weighted by molar-refractivity contribution is 7.98. The van der Waals surface area contributed by atoms with E-state index in [1.54, 1.807) is 0 Å². The predicted molar refractivity (Wildman–Crippen MR) is 117 cm³/mol. The fraction of sp³-hybridized carbons (Fsp3) is 0.136. The highest BCUT2D eigenvalue weighted by atomic mass is 32.2. The smallest absolute Gasteiger partial charge is 0.337 e. The molecule has 0 fully saturated rings. The molecule has 12 heteroatoms. The zero-order valence-corrected chi connectivity index (χ0v) is 18.1. The molecule has 5 aromatic rings. The van der Waals surface area contributed by atoms with Crippen molar-refractivity contribution >= 4 is 17.4 Å². The highest BCUT2D eigenvalue weighted by Crippen LogP contribution is 2.31. The maximum absolute atomic E-state index is 13.0. The van der Waals surface area contributed by atoms with E-state index < -0.39 is 17.4 Å². The van der Waals surface area contributed by atoms with Crippen LogP contribution in [0.5, 0.6) is 0 Å². The fourth-order valence-corrected chi connectivity index (χ4v) is 4.16. The van der Waals surface area contributed by atoms with E-state index in [0.717, 1.165) is 22.4 Å². The minimum absolute atomic E-state index is 0.0151. The predicted octanol–water partition coefficient (Wildman–Crippen LogP) is 4.30. The largest absolute Gasteiger partial charge is 0.416 e. The van der Waals surface area contributed by atoms with E-state index in [0.29, 0.717) is 16.4 Å². The Kier molecular flexibility index (Phi) is 5.65. The van der Waals surface area contributed by atoms with Crippen molar-refractivity contribution in [2.75, 3.05) is 0 Å². The summed E-state index contributed by atoms with van der Waals surface area (Å²) in [5.74, 6) is 0.668. The molecule has 0 aliphatic rings. The van der Waals surface area contributed by atoms with Gasteiger partial charge >= 0.3 is 11.9 Å². The summed E-state index contributed by atoms with van der Waals surface area (Å²) in [4.78, 5) is 21.3. The van der Waals surface area contributed by atoms with Crippen LogP contribution in [0.4, 0.5) is 13.2 Å². The van der Waals surface area contributed by atoms with E-state index in [1.807, 2.05) is 30.3 Å². The molecule has 5 rings (SSSR count). The van der Waals surface area contributed by atoms with Crippen molar-refractivity contribution in [1.29, 1.82) is 0 Å². The second-order valence-corrected chi connectivity index (χ2v) is 8.19. The molecule has 0 N–H and O–H groups in total. The molecule has 3 aromatic heterocycles. The van der Waals surface area contributed by atoms with Gasteiger partial charge in [0.2, 0.25) is 11.7 Å². The molecule has 0 unspecified atom stereocenters. The number of benzene rings is 2. The molecular formula is C22H15F3N6O2S. The van der Waals surface area contributed by atoms with Crippen LogP contribution in [0, 0.1) is 0 Å². The van der Waals surface area contributed by atoms with Crippen molar-refractivity contribution in [3.05, 3.63) is 94.5 Å². The minimum Gasteiger partial charge on any atom is -0.337 e. The van der Waals surface area contributed by atoms with Crippen LogP contribution >= 0.6 is 11.8 Å². The van der Waals surface area contributed by atoms with Gasteiger partial charge in [-0.2, -0.15) is 18.2 Å². The zero-order chi connectivity index (χ0) is 23.7. The first-order valence-corrected chi connectivity index (χ1v) is 11.0. The van der Waals surface area contributed by atoms with Gasteiger partial charge in [-0.3, -0.25) is 0 Å². The standard InChI is InChI=1S/C22H15F3N6O2S/c23-22(24,25)16-8-4-7-15(11-16)18-27-17(33-29-18)12-31-21(32)30-10-9-26-20(19(30)28-31)34-13-14-5-2-1-3-6-14/h1-11H,12-13H2. The van der Waals surface area contributed by atoms with Gasteiger partial charge in [0.25, 0.3) is 0 Å². The second kappa shape index (κ2) is 8.78. The maximum atomic E-state index is 13.0. The summed E-state index contributed by atoms with van der Waals surface area (Å²) in [6.07, 6.45) is -1.46. The Morgan fingerprint density at radius 3 is 2.68 bits per heavy atom. The SMILES string of the molecule is O=c1n(Cc2nc(-c3cccc(C(F)(F)F)c3)no2)nc2c(SCc3ccccc3)nccn12. The first kappa shape index (κ1) is 21.9. The lowest BCUT2D eigenvalue weighted by atomic mass is 10.1. The van der Waals surface area contributed by atoms with E-state index in [1.165, 1.54) is 40.7 Å². The molecule has 3 heterocycles. The van der Waals surface area contributed by atoms with E-state index in [9.17, 15) is 18.0 Å². The number of nitrogens with zero attached hydrogens (tertiary/aromatic N) is 6. The van der Waals surface area contributed by atoms with E-state index in [-0.39, 0.29) is 23.8 Å². The number of fused-ring (bicyclic) bond motifs is 1.